The van der Waals surface area contributed by atoms with E-state index in [0.29, 0.717) is 36.1 Å². The van der Waals surface area contributed by atoms with Crippen molar-refractivity contribution in [1.82, 2.24) is 20.2 Å². The van der Waals surface area contributed by atoms with Crippen LogP contribution < -0.4 is 9.47 Å². The van der Waals surface area contributed by atoms with Gasteiger partial charge in [0.1, 0.15) is 19.8 Å². The van der Waals surface area contributed by atoms with E-state index in [1.807, 2.05) is 31.2 Å². The lowest BCUT2D eigenvalue weighted by atomic mass is 10.1. The van der Waals surface area contributed by atoms with Gasteiger partial charge in [-0.1, -0.05) is 29.8 Å². The molecule has 4 rings (SSSR count). The highest BCUT2D eigenvalue weighted by Crippen LogP contribution is 2.30. The van der Waals surface area contributed by atoms with Gasteiger partial charge in [0.2, 0.25) is 5.82 Å². The fraction of sp³-hybridized carbons (Fsp3) is 0.222. The van der Waals surface area contributed by atoms with E-state index in [1.54, 1.807) is 18.2 Å². The van der Waals surface area contributed by atoms with Gasteiger partial charge in [-0.15, -0.1) is 10.2 Å². The first-order valence-electron chi connectivity index (χ1n) is 7.97. The van der Waals surface area contributed by atoms with Gasteiger partial charge in [0.15, 0.2) is 17.3 Å². The molecule has 2 aromatic carbocycles. The molecular formula is C18H16N4O3. The molecule has 0 amide bonds. The van der Waals surface area contributed by atoms with E-state index >= 15 is 0 Å². The number of carbonyl (C=O) groups excluding carboxylic acids is 1. The van der Waals surface area contributed by atoms with Crippen LogP contribution in [0.4, 0.5) is 0 Å². The lowest BCUT2D eigenvalue weighted by molar-refractivity contribution is 0.0960. The number of fused-ring (bicyclic) bond motifs is 1. The Hall–Kier alpha value is -3.22. The third-order valence-corrected chi connectivity index (χ3v) is 3.91. The summed E-state index contributed by atoms with van der Waals surface area (Å²) in [7, 11) is 0. The molecule has 1 aliphatic rings. The number of rotatable bonds is 4. The molecule has 0 atom stereocenters. The smallest absolute Gasteiger partial charge is 0.204 e. The maximum atomic E-state index is 12.5. The molecular weight excluding hydrogens is 320 g/mol. The van der Waals surface area contributed by atoms with Gasteiger partial charge in [0, 0.05) is 11.1 Å². The standard InChI is InChI=1S/C18H16N4O3/c1-12-2-4-13(5-3-12)18-19-21-22(20-18)11-15(23)14-6-7-16-17(10-14)25-9-8-24-16/h2-7,10H,8-9,11H2,1H3. The van der Waals surface area contributed by atoms with E-state index in [0.717, 1.165) is 11.1 Å². The van der Waals surface area contributed by atoms with Crippen LogP contribution in [0.1, 0.15) is 15.9 Å². The molecule has 0 saturated heterocycles. The molecule has 3 aromatic rings. The molecule has 0 fully saturated rings. The quantitative estimate of drug-likeness (QED) is 0.680. The number of hydrogen-bond acceptors (Lipinski definition) is 6. The van der Waals surface area contributed by atoms with Gasteiger partial charge >= 0.3 is 0 Å². The van der Waals surface area contributed by atoms with Crippen LogP contribution in [-0.2, 0) is 6.54 Å². The zero-order chi connectivity index (χ0) is 17.2. The summed E-state index contributed by atoms with van der Waals surface area (Å²) in [6.45, 7) is 3.03. The molecule has 0 radical (unpaired) electrons. The lowest BCUT2D eigenvalue weighted by Crippen LogP contribution is -2.17. The van der Waals surface area contributed by atoms with Crippen molar-refractivity contribution in [2.45, 2.75) is 13.5 Å². The summed E-state index contributed by atoms with van der Waals surface area (Å²) < 4.78 is 11.0. The van der Waals surface area contributed by atoms with E-state index in [1.165, 1.54) is 4.80 Å². The number of ketones is 1. The predicted octanol–water partition coefficient (Wildman–Crippen LogP) is 2.30. The predicted molar refractivity (Wildman–Crippen MR) is 89.8 cm³/mol. The first kappa shape index (κ1) is 15.3. The van der Waals surface area contributed by atoms with Gasteiger partial charge in [-0.25, -0.2) is 0 Å². The van der Waals surface area contributed by atoms with Crippen LogP contribution >= 0.6 is 0 Å². The number of nitrogens with zero attached hydrogens (tertiary/aromatic N) is 4. The molecule has 25 heavy (non-hydrogen) atoms. The normalized spacial score (nSPS) is 12.8. The molecule has 0 unspecified atom stereocenters. The van der Waals surface area contributed by atoms with E-state index in [9.17, 15) is 4.79 Å². The average molecular weight is 336 g/mol. The van der Waals surface area contributed by atoms with Gasteiger partial charge in [-0.3, -0.25) is 4.79 Å². The van der Waals surface area contributed by atoms with Crippen molar-refractivity contribution >= 4 is 5.78 Å². The number of hydrogen-bond donors (Lipinski definition) is 0. The number of Topliss-reactive ketones (excluding diaryl/α,β-unsaturated/α-hetero) is 1. The van der Waals surface area contributed by atoms with Crippen molar-refractivity contribution in [2.75, 3.05) is 13.2 Å². The zero-order valence-electron chi connectivity index (χ0n) is 13.7. The van der Waals surface area contributed by atoms with E-state index in [-0.39, 0.29) is 12.3 Å². The van der Waals surface area contributed by atoms with Crippen LogP contribution in [0.5, 0.6) is 11.5 Å². The number of benzene rings is 2. The molecule has 1 aromatic heterocycles. The van der Waals surface area contributed by atoms with Gasteiger partial charge in [0.05, 0.1) is 0 Å². The highest BCUT2D eigenvalue weighted by Gasteiger charge is 2.16. The maximum absolute atomic E-state index is 12.5. The number of ether oxygens (including phenoxy) is 2. The highest BCUT2D eigenvalue weighted by molar-refractivity contribution is 5.96. The van der Waals surface area contributed by atoms with E-state index < -0.39 is 0 Å². The van der Waals surface area contributed by atoms with E-state index in [2.05, 4.69) is 15.4 Å². The third kappa shape index (κ3) is 3.21. The van der Waals surface area contributed by atoms with Crippen LogP contribution in [0.25, 0.3) is 11.4 Å². The van der Waals surface area contributed by atoms with Crippen LogP contribution in [0.15, 0.2) is 42.5 Å². The van der Waals surface area contributed by atoms with Crippen molar-refractivity contribution in [1.29, 1.82) is 0 Å². The second kappa shape index (κ2) is 6.35. The van der Waals surface area contributed by atoms with Gasteiger partial charge in [-0.2, -0.15) is 4.80 Å². The van der Waals surface area contributed by atoms with Crippen molar-refractivity contribution < 1.29 is 14.3 Å². The monoisotopic (exact) mass is 336 g/mol. The van der Waals surface area contributed by atoms with Crippen molar-refractivity contribution in [3.63, 3.8) is 0 Å². The largest absolute Gasteiger partial charge is 0.486 e. The number of carbonyl (C=O) groups is 1. The van der Waals surface area contributed by atoms with Crippen molar-refractivity contribution in [3.05, 3.63) is 53.6 Å². The number of tetrazole rings is 1. The Morgan fingerprint density at radius 3 is 2.64 bits per heavy atom. The molecule has 2 heterocycles. The number of aryl methyl sites for hydroxylation is 1. The third-order valence-electron chi connectivity index (χ3n) is 3.91. The summed E-state index contributed by atoms with van der Waals surface area (Å²) in [5.41, 5.74) is 2.55. The summed E-state index contributed by atoms with van der Waals surface area (Å²) in [5.74, 6) is 1.62. The molecule has 0 spiro atoms. The minimum atomic E-state index is -0.121. The SMILES string of the molecule is Cc1ccc(-c2nnn(CC(=O)c3ccc4c(c3)OCCO4)n2)cc1. The van der Waals surface area contributed by atoms with Gasteiger partial charge in [-0.05, 0) is 30.3 Å². The average Bonchev–Trinajstić information content (AvgIpc) is 3.10. The van der Waals surface area contributed by atoms with E-state index in [4.69, 9.17) is 9.47 Å². The molecule has 0 aliphatic carbocycles. The topological polar surface area (TPSA) is 79.1 Å². The second-order valence-corrected chi connectivity index (χ2v) is 5.79. The second-order valence-electron chi connectivity index (χ2n) is 5.79. The molecule has 0 saturated carbocycles. The Balaban J connectivity index is 1.50. The minimum Gasteiger partial charge on any atom is -0.486 e. The summed E-state index contributed by atoms with van der Waals surface area (Å²) in [6, 6.07) is 13.0. The fourth-order valence-electron chi connectivity index (χ4n) is 2.56. The number of aromatic nitrogens is 4. The van der Waals surface area contributed by atoms with Crippen LogP contribution in [0.2, 0.25) is 0 Å². The molecule has 0 bridgehead atoms. The first-order valence-corrected chi connectivity index (χ1v) is 7.97. The molecule has 0 N–H and O–H groups in total. The molecule has 7 heteroatoms. The van der Waals surface area contributed by atoms with Crippen LogP contribution in [-0.4, -0.2) is 39.2 Å². The Morgan fingerprint density at radius 2 is 1.84 bits per heavy atom. The summed E-state index contributed by atoms with van der Waals surface area (Å²) in [6.07, 6.45) is 0. The van der Waals surface area contributed by atoms with Crippen molar-refractivity contribution in [3.8, 4) is 22.9 Å². The van der Waals surface area contributed by atoms with Crippen LogP contribution in [0, 0.1) is 6.92 Å². The van der Waals surface area contributed by atoms with Gasteiger partial charge in [0.25, 0.3) is 0 Å². The summed E-state index contributed by atoms with van der Waals surface area (Å²) in [5, 5.41) is 12.3. The van der Waals surface area contributed by atoms with Crippen molar-refractivity contribution in [2.24, 2.45) is 0 Å². The minimum absolute atomic E-state index is 0.0124. The Bertz CT molecular complexity index is 918. The fourth-order valence-corrected chi connectivity index (χ4v) is 2.56. The lowest BCUT2D eigenvalue weighted by Gasteiger charge is -2.18. The molecule has 1 aliphatic heterocycles. The molecule has 7 nitrogen and oxygen atoms in total. The Kier molecular flexibility index (Phi) is 3.89. The highest BCUT2D eigenvalue weighted by atomic mass is 16.6. The summed E-state index contributed by atoms with van der Waals surface area (Å²) >= 11 is 0. The zero-order valence-corrected chi connectivity index (χ0v) is 13.7. The Labute approximate surface area is 144 Å². The van der Waals surface area contributed by atoms with Crippen LogP contribution in [0.3, 0.4) is 0 Å². The Morgan fingerprint density at radius 1 is 1.08 bits per heavy atom. The first-order chi connectivity index (χ1) is 12.2. The summed E-state index contributed by atoms with van der Waals surface area (Å²) in [4.78, 5) is 13.8. The molecule has 126 valence electrons. The maximum Gasteiger partial charge on any atom is 0.204 e. The van der Waals surface area contributed by atoms with Gasteiger partial charge < -0.3 is 9.47 Å².